The van der Waals surface area contributed by atoms with Crippen molar-refractivity contribution in [2.45, 2.75) is 20.3 Å². The van der Waals surface area contributed by atoms with E-state index in [1.54, 1.807) is 0 Å². The van der Waals surface area contributed by atoms with Crippen molar-refractivity contribution < 1.29 is 0 Å². The maximum atomic E-state index is 4.38. The zero-order chi connectivity index (χ0) is 10.8. The van der Waals surface area contributed by atoms with Crippen LogP contribution in [0.15, 0.2) is 12.4 Å². The third-order valence-electron chi connectivity index (χ3n) is 2.76. The lowest BCUT2D eigenvalue weighted by atomic mass is 9.92. The van der Waals surface area contributed by atoms with Gasteiger partial charge in [0.25, 0.3) is 0 Å². The smallest absolute Gasteiger partial charge is 0.225 e. The summed E-state index contributed by atoms with van der Waals surface area (Å²) >= 11 is 2.23. The van der Waals surface area contributed by atoms with Gasteiger partial charge in [0.2, 0.25) is 5.95 Å². The van der Waals surface area contributed by atoms with Gasteiger partial charge in [0.05, 0.1) is 0 Å². The molecule has 0 N–H and O–H groups in total. The fraction of sp³-hybridized carbons (Fsp3) is 0.636. The molecule has 1 fully saturated rings. The molecule has 1 aromatic heterocycles. The van der Waals surface area contributed by atoms with Crippen molar-refractivity contribution in [3.63, 3.8) is 0 Å². The summed E-state index contributed by atoms with van der Waals surface area (Å²) in [7, 11) is 0. The second-order valence-corrected chi connectivity index (χ2v) is 5.80. The van der Waals surface area contributed by atoms with Crippen LogP contribution in [0.5, 0.6) is 0 Å². The van der Waals surface area contributed by atoms with Gasteiger partial charge in [-0.05, 0) is 40.8 Å². The third kappa shape index (κ3) is 2.80. The molecule has 1 aliphatic rings. The number of anilines is 1. The number of rotatable bonds is 1. The number of hydrogen-bond donors (Lipinski definition) is 0. The first-order valence-electron chi connectivity index (χ1n) is 5.37. The van der Waals surface area contributed by atoms with E-state index < -0.39 is 0 Å². The maximum Gasteiger partial charge on any atom is 0.225 e. The van der Waals surface area contributed by atoms with Crippen molar-refractivity contribution in [3.8, 4) is 0 Å². The molecule has 0 bridgehead atoms. The maximum absolute atomic E-state index is 4.38. The number of nitrogens with zero attached hydrogens (tertiary/aromatic N) is 3. The summed E-state index contributed by atoms with van der Waals surface area (Å²) in [5, 5.41) is 0. The molecule has 0 aromatic carbocycles. The van der Waals surface area contributed by atoms with Crippen LogP contribution in [0, 0.1) is 15.4 Å². The van der Waals surface area contributed by atoms with E-state index in [0.717, 1.165) is 34.4 Å². The van der Waals surface area contributed by atoms with Crippen LogP contribution in [0.25, 0.3) is 0 Å². The van der Waals surface area contributed by atoms with Crippen molar-refractivity contribution in [3.05, 3.63) is 16.0 Å². The number of aromatic nitrogens is 2. The molecule has 2 heterocycles. The second kappa shape index (κ2) is 4.63. The molecule has 2 unspecified atom stereocenters. The topological polar surface area (TPSA) is 29.0 Å². The number of halogens is 1. The predicted octanol–water partition coefficient (Wildman–Crippen LogP) is 2.56. The van der Waals surface area contributed by atoms with E-state index >= 15 is 0 Å². The molecule has 2 rings (SSSR count). The van der Waals surface area contributed by atoms with Crippen molar-refractivity contribution in [2.24, 2.45) is 11.8 Å². The fourth-order valence-corrected chi connectivity index (χ4v) is 2.57. The zero-order valence-electron chi connectivity index (χ0n) is 9.15. The van der Waals surface area contributed by atoms with E-state index in [4.69, 9.17) is 0 Å². The molecule has 1 saturated heterocycles. The fourth-order valence-electron chi connectivity index (χ4n) is 2.30. The first-order chi connectivity index (χ1) is 7.15. The Morgan fingerprint density at radius 1 is 1.20 bits per heavy atom. The van der Waals surface area contributed by atoms with Gasteiger partial charge < -0.3 is 4.90 Å². The second-order valence-electron chi connectivity index (χ2n) is 4.55. The molecule has 15 heavy (non-hydrogen) atoms. The average molecular weight is 317 g/mol. The van der Waals surface area contributed by atoms with Crippen molar-refractivity contribution in [1.82, 2.24) is 9.97 Å². The van der Waals surface area contributed by atoms with Crippen molar-refractivity contribution in [1.29, 1.82) is 0 Å². The Kier molecular flexibility index (Phi) is 3.43. The van der Waals surface area contributed by atoms with Crippen molar-refractivity contribution >= 4 is 28.5 Å². The predicted molar refractivity (Wildman–Crippen MR) is 69.9 cm³/mol. The summed E-state index contributed by atoms with van der Waals surface area (Å²) in [6.45, 7) is 6.78. The Bertz CT molecular complexity index is 315. The van der Waals surface area contributed by atoms with Crippen LogP contribution in [0.1, 0.15) is 20.3 Å². The monoisotopic (exact) mass is 317 g/mol. The molecule has 1 aliphatic heterocycles. The highest BCUT2D eigenvalue weighted by atomic mass is 127. The molecule has 0 radical (unpaired) electrons. The van der Waals surface area contributed by atoms with Gasteiger partial charge >= 0.3 is 0 Å². The standard InChI is InChI=1S/C11H16IN3/c1-8-3-9(2)7-15(6-8)11-13-4-10(12)5-14-11/h4-5,8-9H,3,6-7H2,1-2H3. The Labute approximate surface area is 104 Å². The van der Waals surface area contributed by atoms with Crippen LogP contribution in [0.3, 0.4) is 0 Å². The van der Waals surface area contributed by atoms with Gasteiger partial charge in [0.15, 0.2) is 0 Å². The molecule has 0 amide bonds. The molecule has 0 saturated carbocycles. The molecule has 0 aliphatic carbocycles. The number of hydrogen-bond acceptors (Lipinski definition) is 3. The van der Waals surface area contributed by atoms with E-state index in [0.29, 0.717) is 0 Å². The molecule has 2 atom stereocenters. The minimum atomic E-state index is 0.747. The van der Waals surface area contributed by atoms with E-state index in [2.05, 4.69) is 51.3 Å². The molecule has 1 aromatic rings. The van der Waals surface area contributed by atoms with Gasteiger partial charge in [-0.2, -0.15) is 0 Å². The van der Waals surface area contributed by atoms with E-state index in [1.807, 2.05) is 12.4 Å². The molecule has 82 valence electrons. The zero-order valence-corrected chi connectivity index (χ0v) is 11.3. The quantitative estimate of drug-likeness (QED) is 0.746. The summed E-state index contributed by atoms with van der Waals surface area (Å²) in [6, 6.07) is 0. The Hall–Kier alpha value is -0.390. The normalized spacial score (nSPS) is 26.7. The first-order valence-corrected chi connectivity index (χ1v) is 6.45. The lowest BCUT2D eigenvalue weighted by molar-refractivity contribution is 0.353. The Morgan fingerprint density at radius 2 is 1.73 bits per heavy atom. The summed E-state index contributed by atoms with van der Waals surface area (Å²) < 4.78 is 1.09. The van der Waals surface area contributed by atoms with E-state index in [1.165, 1.54) is 6.42 Å². The lowest BCUT2D eigenvalue weighted by Crippen LogP contribution is -2.39. The van der Waals surface area contributed by atoms with Gasteiger partial charge in [-0.25, -0.2) is 9.97 Å². The van der Waals surface area contributed by atoms with E-state index in [9.17, 15) is 0 Å². The van der Waals surface area contributed by atoms with Crippen LogP contribution < -0.4 is 4.90 Å². The van der Waals surface area contributed by atoms with Gasteiger partial charge in [-0.3, -0.25) is 0 Å². The highest BCUT2D eigenvalue weighted by Crippen LogP contribution is 2.23. The van der Waals surface area contributed by atoms with Crippen LogP contribution in [0.2, 0.25) is 0 Å². The summed E-state index contributed by atoms with van der Waals surface area (Å²) in [5.74, 6) is 2.38. The minimum absolute atomic E-state index is 0.747. The van der Waals surface area contributed by atoms with Crippen LogP contribution >= 0.6 is 22.6 Å². The number of piperidine rings is 1. The minimum Gasteiger partial charge on any atom is -0.340 e. The summed E-state index contributed by atoms with van der Waals surface area (Å²) in [4.78, 5) is 11.1. The molecular weight excluding hydrogens is 301 g/mol. The largest absolute Gasteiger partial charge is 0.340 e. The van der Waals surface area contributed by atoms with Crippen LogP contribution in [0.4, 0.5) is 5.95 Å². The third-order valence-corrected chi connectivity index (χ3v) is 3.32. The van der Waals surface area contributed by atoms with Crippen LogP contribution in [-0.4, -0.2) is 23.1 Å². The van der Waals surface area contributed by atoms with Gasteiger partial charge in [0.1, 0.15) is 0 Å². The van der Waals surface area contributed by atoms with Gasteiger partial charge in [-0.1, -0.05) is 13.8 Å². The van der Waals surface area contributed by atoms with Crippen LogP contribution in [-0.2, 0) is 0 Å². The Morgan fingerprint density at radius 3 is 2.27 bits per heavy atom. The summed E-state index contributed by atoms with van der Waals surface area (Å²) in [5.41, 5.74) is 0. The molecule has 0 spiro atoms. The van der Waals surface area contributed by atoms with Gasteiger partial charge in [0, 0.05) is 29.1 Å². The van der Waals surface area contributed by atoms with Gasteiger partial charge in [-0.15, -0.1) is 0 Å². The first kappa shape index (κ1) is 11.1. The Balaban J connectivity index is 2.12. The average Bonchev–Trinajstić information content (AvgIpc) is 2.17. The molecular formula is C11H16IN3. The molecule has 4 heteroatoms. The SMILES string of the molecule is CC1CC(C)CN(c2ncc(I)cn2)C1. The highest BCUT2D eigenvalue weighted by molar-refractivity contribution is 14.1. The van der Waals surface area contributed by atoms with E-state index in [-0.39, 0.29) is 0 Å². The summed E-state index contributed by atoms with van der Waals surface area (Å²) in [6.07, 6.45) is 5.08. The highest BCUT2D eigenvalue weighted by Gasteiger charge is 2.23. The lowest BCUT2D eigenvalue weighted by Gasteiger charge is -2.34. The van der Waals surface area contributed by atoms with Crippen molar-refractivity contribution in [2.75, 3.05) is 18.0 Å². The molecule has 3 nitrogen and oxygen atoms in total.